The third kappa shape index (κ3) is 4.24. The topological polar surface area (TPSA) is 111 Å². The van der Waals surface area contributed by atoms with Crippen LogP contribution in [0.5, 0.6) is 0 Å². The maximum Gasteiger partial charge on any atom is 0.244 e. The number of hydrogen-bond donors (Lipinski definition) is 3. The summed E-state index contributed by atoms with van der Waals surface area (Å²) >= 11 is 1.64. The van der Waals surface area contributed by atoms with Crippen LogP contribution in [0.15, 0.2) is 30.3 Å². The summed E-state index contributed by atoms with van der Waals surface area (Å²) in [6, 6.07) is 8.56. The summed E-state index contributed by atoms with van der Waals surface area (Å²) in [6.45, 7) is 6.19. The molecule has 2 bridgehead atoms. The third-order valence-electron chi connectivity index (χ3n) is 8.02. The number of aliphatic hydroxyl groups is 1. The van der Waals surface area contributed by atoms with Gasteiger partial charge in [-0.05, 0) is 31.9 Å². The Morgan fingerprint density at radius 2 is 1.89 bits per heavy atom. The molecule has 3 amide bonds. The lowest BCUT2D eigenvalue weighted by atomic mass is 9.66. The number of amides is 3. The largest absolute Gasteiger partial charge is 0.395 e. The van der Waals surface area contributed by atoms with Gasteiger partial charge in [0, 0.05) is 43.2 Å². The first-order valence-corrected chi connectivity index (χ1v) is 13.3. The first kappa shape index (κ1) is 24.5. The number of nitrogens with zero attached hydrogens (tertiary/aromatic N) is 2. The lowest BCUT2D eigenvalue weighted by molar-refractivity contribution is -0.140. The number of rotatable bonds is 8. The van der Waals surface area contributed by atoms with Gasteiger partial charge >= 0.3 is 0 Å². The van der Waals surface area contributed by atoms with E-state index >= 15 is 0 Å². The van der Waals surface area contributed by atoms with E-state index < -0.39 is 27.4 Å². The smallest absolute Gasteiger partial charge is 0.244 e. The number of β-amino-alcohol motifs (C(OH)–C–C–N with tert-alkyl or cyclic N) is 1. The molecule has 5 atom stereocenters. The van der Waals surface area contributed by atoms with Crippen LogP contribution in [-0.2, 0) is 19.1 Å². The van der Waals surface area contributed by atoms with Gasteiger partial charge in [0.15, 0.2) is 0 Å². The van der Waals surface area contributed by atoms with Crippen molar-refractivity contribution in [3.8, 4) is 0 Å². The molecule has 4 aliphatic heterocycles. The summed E-state index contributed by atoms with van der Waals surface area (Å²) in [6.07, 6.45) is 1.46. The van der Waals surface area contributed by atoms with Gasteiger partial charge in [-0.15, -0.1) is 11.8 Å². The standard InChI is InChI=1S/C25H34N4O5S/c1-24-7-8-25(35-24)19(18(24)21(31)27-17-5-3-2-4-6-17)23(33)29(11-14-30)20(25)22(32)26-9-10-28-12-15-34-16-13-28/h2-6,18-20,30H,7-16H2,1H3,(H,26,32)(H,27,31)/t18-,19+,20?,24+,25?/m1/s1. The first-order chi connectivity index (χ1) is 16.9. The number of nitrogens with one attached hydrogen (secondary N) is 2. The molecule has 0 saturated carbocycles. The van der Waals surface area contributed by atoms with E-state index in [-0.39, 0.29) is 30.9 Å². The van der Waals surface area contributed by atoms with E-state index in [2.05, 4.69) is 22.5 Å². The van der Waals surface area contributed by atoms with E-state index in [1.165, 1.54) is 4.90 Å². The molecular weight excluding hydrogens is 468 g/mol. The Balaban J connectivity index is 1.36. The molecule has 0 radical (unpaired) electrons. The highest BCUT2D eigenvalue weighted by molar-refractivity contribution is 8.02. The Morgan fingerprint density at radius 3 is 2.60 bits per heavy atom. The Kier molecular flexibility index (Phi) is 6.82. The molecule has 1 spiro atoms. The van der Waals surface area contributed by atoms with Crippen LogP contribution < -0.4 is 10.6 Å². The molecule has 5 rings (SSSR count). The Hall–Kier alpha value is -2.14. The van der Waals surface area contributed by atoms with Crippen LogP contribution in [0.2, 0.25) is 0 Å². The van der Waals surface area contributed by atoms with Crippen molar-refractivity contribution in [2.45, 2.75) is 35.3 Å². The monoisotopic (exact) mass is 502 g/mol. The first-order valence-electron chi connectivity index (χ1n) is 12.4. The van der Waals surface area contributed by atoms with E-state index in [9.17, 15) is 19.5 Å². The predicted octanol–water partition coefficient (Wildman–Crippen LogP) is 0.547. The minimum absolute atomic E-state index is 0.0862. The fourth-order valence-electron chi connectivity index (χ4n) is 6.48. The molecule has 35 heavy (non-hydrogen) atoms. The summed E-state index contributed by atoms with van der Waals surface area (Å²) in [4.78, 5) is 44.6. The molecule has 3 N–H and O–H groups in total. The minimum Gasteiger partial charge on any atom is -0.395 e. The van der Waals surface area contributed by atoms with Crippen LogP contribution in [-0.4, -0.2) is 101 Å². The number of para-hydroxylation sites is 1. The highest BCUT2D eigenvalue weighted by Gasteiger charge is 2.77. The van der Waals surface area contributed by atoms with Gasteiger partial charge in [0.2, 0.25) is 17.7 Å². The summed E-state index contributed by atoms with van der Waals surface area (Å²) in [7, 11) is 0. The minimum atomic E-state index is -0.696. The third-order valence-corrected chi connectivity index (χ3v) is 10.0. The second-order valence-electron chi connectivity index (χ2n) is 10.1. The number of hydrogen-bond acceptors (Lipinski definition) is 7. The number of carbonyl (C=O) groups is 3. The normalized spacial score (nSPS) is 34.2. The summed E-state index contributed by atoms with van der Waals surface area (Å²) in [5, 5.41) is 15.8. The number of carbonyl (C=O) groups excluding carboxylic acids is 3. The Labute approximate surface area is 209 Å². The second kappa shape index (κ2) is 9.72. The molecule has 0 aliphatic carbocycles. The lowest BCUT2D eigenvalue weighted by Gasteiger charge is -2.35. The number of aliphatic hydroxyl groups excluding tert-OH is 1. The molecule has 4 heterocycles. The number of likely N-dealkylation sites (tertiary alicyclic amines) is 1. The molecule has 4 fully saturated rings. The summed E-state index contributed by atoms with van der Waals surface area (Å²) < 4.78 is 4.30. The lowest BCUT2D eigenvalue weighted by Crippen LogP contribution is -2.55. The van der Waals surface area contributed by atoms with Crippen molar-refractivity contribution in [3.05, 3.63) is 30.3 Å². The van der Waals surface area contributed by atoms with Crippen LogP contribution in [0.25, 0.3) is 0 Å². The second-order valence-corrected chi connectivity index (χ2v) is 12.0. The number of fused-ring (bicyclic) bond motifs is 1. The van der Waals surface area contributed by atoms with Crippen molar-refractivity contribution in [2.24, 2.45) is 11.8 Å². The highest BCUT2D eigenvalue weighted by Crippen LogP contribution is 2.71. The Morgan fingerprint density at radius 1 is 1.14 bits per heavy atom. The molecule has 9 nitrogen and oxygen atoms in total. The average molecular weight is 503 g/mol. The van der Waals surface area contributed by atoms with Gasteiger partial charge in [-0.25, -0.2) is 0 Å². The number of anilines is 1. The van der Waals surface area contributed by atoms with Crippen molar-refractivity contribution >= 4 is 35.2 Å². The molecule has 2 unspecified atom stereocenters. The van der Waals surface area contributed by atoms with E-state index in [4.69, 9.17) is 4.74 Å². The highest BCUT2D eigenvalue weighted by atomic mass is 32.2. The van der Waals surface area contributed by atoms with Crippen LogP contribution in [0.3, 0.4) is 0 Å². The molecular formula is C25H34N4O5S. The fourth-order valence-corrected chi connectivity index (χ4v) is 8.83. The Bertz CT molecular complexity index is 974. The van der Waals surface area contributed by atoms with Crippen molar-refractivity contribution in [1.82, 2.24) is 15.1 Å². The van der Waals surface area contributed by atoms with Crippen molar-refractivity contribution in [2.75, 3.05) is 57.9 Å². The zero-order chi connectivity index (χ0) is 24.6. The molecule has 10 heteroatoms. The van der Waals surface area contributed by atoms with E-state index in [1.54, 1.807) is 11.8 Å². The molecule has 1 aromatic rings. The summed E-state index contributed by atoms with van der Waals surface area (Å²) in [5.41, 5.74) is 0.693. The predicted molar refractivity (Wildman–Crippen MR) is 133 cm³/mol. The van der Waals surface area contributed by atoms with Crippen molar-refractivity contribution < 1.29 is 24.2 Å². The number of morpholine rings is 1. The molecule has 190 valence electrons. The number of ether oxygens (including phenoxy) is 1. The number of benzene rings is 1. The average Bonchev–Trinajstić information content (AvgIpc) is 3.41. The zero-order valence-electron chi connectivity index (χ0n) is 20.1. The fraction of sp³-hybridized carbons (Fsp3) is 0.640. The van der Waals surface area contributed by atoms with Crippen LogP contribution >= 0.6 is 11.8 Å². The number of thioether (sulfide) groups is 1. The van der Waals surface area contributed by atoms with E-state index in [0.717, 1.165) is 26.1 Å². The van der Waals surface area contributed by atoms with Gasteiger partial charge in [-0.1, -0.05) is 18.2 Å². The maximum absolute atomic E-state index is 13.7. The quantitative estimate of drug-likeness (QED) is 0.476. The zero-order valence-corrected chi connectivity index (χ0v) is 20.9. The molecule has 4 aliphatic rings. The van der Waals surface area contributed by atoms with Crippen LogP contribution in [0.1, 0.15) is 19.8 Å². The van der Waals surface area contributed by atoms with Gasteiger partial charge in [0.05, 0.1) is 36.4 Å². The van der Waals surface area contributed by atoms with Crippen LogP contribution in [0.4, 0.5) is 5.69 Å². The van der Waals surface area contributed by atoms with E-state index in [1.807, 2.05) is 30.3 Å². The van der Waals surface area contributed by atoms with E-state index in [0.29, 0.717) is 31.9 Å². The van der Waals surface area contributed by atoms with Crippen LogP contribution in [0, 0.1) is 11.8 Å². The van der Waals surface area contributed by atoms with Crippen molar-refractivity contribution in [3.63, 3.8) is 0 Å². The molecule has 1 aromatic carbocycles. The van der Waals surface area contributed by atoms with Gasteiger partial charge in [0.25, 0.3) is 0 Å². The van der Waals surface area contributed by atoms with Crippen molar-refractivity contribution in [1.29, 1.82) is 0 Å². The summed E-state index contributed by atoms with van der Waals surface area (Å²) in [5.74, 6) is -1.69. The van der Waals surface area contributed by atoms with Gasteiger partial charge in [-0.3, -0.25) is 19.3 Å². The maximum atomic E-state index is 13.7. The van der Waals surface area contributed by atoms with Gasteiger partial charge < -0.3 is 25.4 Å². The SMILES string of the molecule is C[C@@]12CCC3(S1)C(C(=O)NCCN1CCOCC1)N(CCO)C(=O)[C@@H]3[C@@H]2C(=O)Nc1ccccc1. The molecule has 4 saturated heterocycles. The van der Waals surface area contributed by atoms with Gasteiger partial charge in [0.1, 0.15) is 6.04 Å². The van der Waals surface area contributed by atoms with Gasteiger partial charge in [-0.2, -0.15) is 0 Å². The molecule has 0 aromatic heterocycles.